The van der Waals surface area contributed by atoms with Crippen LogP contribution in [0.5, 0.6) is 0 Å². The number of aliphatic hydroxyl groups is 4. The molecule has 6 nitrogen and oxygen atoms in total. The lowest BCUT2D eigenvalue weighted by molar-refractivity contribution is -0.154. The third-order valence-corrected chi connectivity index (χ3v) is 2.19. The number of methoxy groups -OCH3 is 1. The van der Waals surface area contributed by atoms with Crippen molar-refractivity contribution in [3.63, 3.8) is 0 Å². The van der Waals surface area contributed by atoms with Gasteiger partial charge in [-0.3, -0.25) is 4.79 Å². The Bertz CT molecular complexity index is 284. The van der Waals surface area contributed by atoms with E-state index in [1.807, 2.05) is 0 Å². The van der Waals surface area contributed by atoms with Crippen LogP contribution < -0.4 is 0 Å². The Labute approximate surface area is 80.1 Å². The first kappa shape index (κ1) is 11.0. The molecule has 0 fully saturated rings. The van der Waals surface area contributed by atoms with E-state index in [4.69, 9.17) is 5.11 Å². The molecule has 1 aliphatic rings. The second-order valence-corrected chi connectivity index (χ2v) is 3.19. The van der Waals surface area contributed by atoms with Crippen molar-refractivity contribution in [2.24, 2.45) is 0 Å². The molecule has 0 amide bonds. The monoisotopic (exact) mass is 204 g/mol. The lowest BCUT2D eigenvalue weighted by atomic mass is 9.84. The van der Waals surface area contributed by atoms with E-state index in [-0.39, 0.29) is 5.76 Å². The van der Waals surface area contributed by atoms with Crippen molar-refractivity contribution in [3.05, 3.63) is 11.5 Å². The van der Waals surface area contributed by atoms with Gasteiger partial charge in [-0.05, 0) is 0 Å². The average molecular weight is 204 g/mol. The third-order valence-electron chi connectivity index (χ3n) is 2.19. The van der Waals surface area contributed by atoms with Gasteiger partial charge in [-0.1, -0.05) is 0 Å². The van der Waals surface area contributed by atoms with Crippen LogP contribution in [0.2, 0.25) is 0 Å². The molecule has 1 rings (SSSR count). The fourth-order valence-corrected chi connectivity index (χ4v) is 1.34. The minimum absolute atomic E-state index is 0.379. The van der Waals surface area contributed by atoms with Crippen molar-refractivity contribution in [1.29, 1.82) is 0 Å². The van der Waals surface area contributed by atoms with Gasteiger partial charge in [0, 0.05) is 6.42 Å². The summed E-state index contributed by atoms with van der Waals surface area (Å²) in [5.74, 6) is -1.79. The lowest BCUT2D eigenvalue weighted by Gasteiger charge is -2.33. The highest BCUT2D eigenvalue weighted by molar-refractivity contribution is 5.99. The minimum Gasteiger partial charge on any atom is -0.508 e. The zero-order valence-electron chi connectivity index (χ0n) is 7.60. The highest BCUT2D eigenvalue weighted by Crippen LogP contribution is 2.29. The van der Waals surface area contributed by atoms with Gasteiger partial charge in [-0.25, -0.2) is 0 Å². The van der Waals surface area contributed by atoms with Crippen molar-refractivity contribution in [1.82, 2.24) is 0 Å². The maximum atomic E-state index is 11.3. The molecule has 0 saturated carbocycles. The number of hydrogen-bond acceptors (Lipinski definition) is 6. The van der Waals surface area contributed by atoms with Crippen LogP contribution in [0, 0.1) is 0 Å². The molecule has 0 radical (unpaired) electrons. The number of carbonyl (C=O) groups excluding carboxylic acids is 1. The zero-order valence-corrected chi connectivity index (χ0v) is 7.60. The van der Waals surface area contributed by atoms with Crippen molar-refractivity contribution in [2.45, 2.75) is 18.1 Å². The van der Waals surface area contributed by atoms with Crippen molar-refractivity contribution in [2.75, 3.05) is 13.7 Å². The predicted octanol–water partition coefficient (Wildman–Crippen LogP) is -1.54. The summed E-state index contributed by atoms with van der Waals surface area (Å²) in [5.41, 5.74) is -2.02. The first-order valence-electron chi connectivity index (χ1n) is 3.98. The zero-order chi connectivity index (χ0) is 10.9. The van der Waals surface area contributed by atoms with Gasteiger partial charge in [0.25, 0.3) is 0 Å². The number of carbonyl (C=O) groups is 1. The van der Waals surface area contributed by atoms with Gasteiger partial charge in [-0.15, -0.1) is 0 Å². The van der Waals surface area contributed by atoms with Gasteiger partial charge < -0.3 is 25.2 Å². The summed E-state index contributed by atoms with van der Waals surface area (Å²) in [4.78, 5) is 11.3. The van der Waals surface area contributed by atoms with E-state index < -0.39 is 36.3 Å². The number of hydrogen-bond donors (Lipinski definition) is 4. The maximum Gasteiger partial charge on any atom is 0.232 e. The Morgan fingerprint density at radius 1 is 1.64 bits per heavy atom. The largest absolute Gasteiger partial charge is 0.508 e. The van der Waals surface area contributed by atoms with Crippen LogP contribution in [0.4, 0.5) is 0 Å². The van der Waals surface area contributed by atoms with Crippen LogP contribution in [0.25, 0.3) is 0 Å². The number of aliphatic hydroxyl groups excluding tert-OH is 3. The molecule has 0 saturated heterocycles. The maximum absolute atomic E-state index is 11.3. The molecule has 0 aromatic rings. The summed E-state index contributed by atoms with van der Waals surface area (Å²) in [6, 6.07) is 0. The summed E-state index contributed by atoms with van der Waals surface area (Å²) < 4.78 is 4.55. The molecule has 0 spiro atoms. The van der Waals surface area contributed by atoms with Gasteiger partial charge in [0.15, 0.2) is 6.10 Å². The molecular weight excluding hydrogens is 192 g/mol. The molecule has 0 aliphatic heterocycles. The first-order chi connectivity index (χ1) is 6.46. The number of ketones is 1. The van der Waals surface area contributed by atoms with E-state index in [9.17, 15) is 20.1 Å². The first-order valence-corrected chi connectivity index (χ1v) is 3.98. The van der Waals surface area contributed by atoms with Crippen LogP contribution in [0.1, 0.15) is 6.42 Å². The van der Waals surface area contributed by atoms with E-state index in [0.717, 1.165) is 0 Å². The fourth-order valence-electron chi connectivity index (χ4n) is 1.34. The number of rotatable bonds is 2. The van der Waals surface area contributed by atoms with Crippen LogP contribution >= 0.6 is 0 Å². The SMILES string of the molecule is COC1=C(O)C[C@@](O)(CO)[C@@H](O)C1=O. The van der Waals surface area contributed by atoms with Crippen molar-refractivity contribution >= 4 is 5.78 Å². The topological polar surface area (TPSA) is 107 Å². The molecule has 4 N–H and O–H groups in total. The molecule has 2 atom stereocenters. The molecule has 0 heterocycles. The molecule has 0 aromatic carbocycles. The van der Waals surface area contributed by atoms with Gasteiger partial charge >= 0.3 is 0 Å². The summed E-state index contributed by atoms with van der Waals surface area (Å²) in [5, 5.41) is 36.9. The summed E-state index contributed by atoms with van der Waals surface area (Å²) in [6.07, 6.45) is -2.20. The van der Waals surface area contributed by atoms with Crippen LogP contribution in [-0.4, -0.2) is 51.6 Å². The summed E-state index contributed by atoms with van der Waals surface area (Å²) >= 11 is 0. The van der Waals surface area contributed by atoms with Crippen LogP contribution in [0.3, 0.4) is 0 Å². The Hall–Kier alpha value is -1.11. The van der Waals surface area contributed by atoms with Crippen LogP contribution in [-0.2, 0) is 9.53 Å². The predicted molar refractivity (Wildman–Crippen MR) is 44.3 cm³/mol. The Morgan fingerprint density at radius 3 is 2.64 bits per heavy atom. The quantitative estimate of drug-likeness (QED) is 0.434. The second kappa shape index (κ2) is 3.56. The normalized spacial score (nSPS) is 33.4. The van der Waals surface area contributed by atoms with Gasteiger partial charge in [0.2, 0.25) is 11.5 Å². The van der Waals surface area contributed by atoms with E-state index in [1.165, 1.54) is 7.11 Å². The Balaban J connectivity index is 3.09. The van der Waals surface area contributed by atoms with E-state index in [2.05, 4.69) is 4.74 Å². The molecular formula is C8H12O6. The summed E-state index contributed by atoms with van der Waals surface area (Å²) in [6.45, 7) is -0.818. The molecule has 0 aromatic heterocycles. The minimum atomic E-state index is -2.02. The summed E-state index contributed by atoms with van der Waals surface area (Å²) in [7, 11) is 1.17. The lowest BCUT2D eigenvalue weighted by Crippen LogP contribution is -2.53. The van der Waals surface area contributed by atoms with E-state index in [0.29, 0.717) is 0 Å². The van der Waals surface area contributed by atoms with Gasteiger partial charge in [0.05, 0.1) is 13.7 Å². The third kappa shape index (κ3) is 1.47. The molecule has 6 heteroatoms. The van der Waals surface area contributed by atoms with E-state index >= 15 is 0 Å². The number of ether oxygens (including phenoxy) is 1. The van der Waals surface area contributed by atoms with Gasteiger partial charge in [-0.2, -0.15) is 0 Å². The van der Waals surface area contributed by atoms with Crippen LogP contribution in [0.15, 0.2) is 11.5 Å². The van der Waals surface area contributed by atoms with E-state index in [1.54, 1.807) is 0 Å². The highest BCUT2D eigenvalue weighted by atomic mass is 16.5. The molecule has 0 unspecified atom stereocenters. The van der Waals surface area contributed by atoms with Crippen molar-refractivity contribution in [3.8, 4) is 0 Å². The molecule has 14 heavy (non-hydrogen) atoms. The Morgan fingerprint density at radius 2 is 2.21 bits per heavy atom. The van der Waals surface area contributed by atoms with Crippen molar-refractivity contribution < 1.29 is 30.0 Å². The highest BCUT2D eigenvalue weighted by Gasteiger charge is 2.47. The average Bonchev–Trinajstić information content (AvgIpc) is 2.15. The fraction of sp³-hybridized carbons (Fsp3) is 0.625. The number of Topliss-reactive ketones (excluding diaryl/α,β-unsaturated/α-hetero) is 1. The standard InChI is InChI=1S/C8H12O6/c1-14-6-4(10)2-8(13,3-9)7(12)5(6)11/h7,9-10,12-13H,2-3H2,1H3/t7-,8+/m0/s1. The Kier molecular flexibility index (Phi) is 2.79. The molecule has 1 aliphatic carbocycles. The van der Waals surface area contributed by atoms with Gasteiger partial charge in [0.1, 0.15) is 11.4 Å². The smallest absolute Gasteiger partial charge is 0.232 e. The molecule has 80 valence electrons. The molecule has 0 bridgehead atoms. The second-order valence-electron chi connectivity index (χ2n) is 3.19.